The second kappa shape index (κ2) is 9.24. The molecule has 1 fully saturated rings. The quantitative estimate of drug-likeness (QED) is 0.260. The minimum absolute atomic E-state index is 0.114. The van der Waals surface area contributed by atoms with E-state index in [9.17, 15) is 9.59 Å². The molecule has 2 bridgehead atoms. The highest BCUT2D eigenvalue weighted by atomic mass is 16.2. The van der Waals surface area contributed by atoms with Gasteiger partial charge in [-0.3, -0.25) is 23.9 Å². The summed E-state index contributed by atoms with van der Waals surface area (Å²) >= 11 is 0. The topological polar surface area (TPSA) is 73.0 Å². The molecule has 3 aromatic heterocycles. The number of hydrogen-bond donors (Lipinski definition) is 0. The van der Waals surface area contributed by atoms with Gasteiger partial charge in [-0.2, -0.15) is 0 Å². The predicted octanol–water partition coefficient (Wildman–Crippen LogP) is 6.26. The van der Waals surface area contributed by atoms with Gasteiger partial charge in [-0.15, -0.1) is 0 Å². The zero-order chi connectivity index (χ0) is 28.5. The maximum atomic E-state index is 13.7. The normalized spacial score (nSPS) is 18.2. The highest BCUT2D eigenvalue weighted by Crippen LogP contribution is 2.39. The molecule has 0 spiro atoms. The third-order valence-corrected chi connectivity index (χ3v) is 9.06. The van der Waals surface area contributed by atoms with Crippen molar-refractivity contribution in [3.8, 4) is 16.8 Å². The first kappa shape index (κ1) is 24.7. The van der Waals surface area contributed by atoms with E-state index in [1.54, 1.807) is 29.3 Å². The molecule has 1 amide bonds. The van der Waals surface area contributed by atoms with Crippen molar-refractivity contribution in [2.24, 2.45) is 7.05 Å². The van der Waals surface area contributed by atoms with Crippen molar-refractivity contribution in [3.05, 3.63) is 107 Å². The third-order valence-electron chi connectivity index (χ3n) is 9.06. The number of pyridine rings is 2. The summed E-state index contributed by atoms with van der Waals surface area (Å²) in [5, 5.41) is 1.99. The molecule has 6 aromatic rings. The van der Waals surface area contributed by atoms with E-state index in [1.807, 2.05) is 47.5 Å². The Morgan fingerprint density at radius 3 is 2.45 bits per heavy atom. The van der Waals surface area contributed by atoms with Gasteiger partial charge >= 0.3 is 5.69 Å². The first-order valence-corrected chi connectivity index (χ1v) is 14.4. The Morgan fingerprint density at radius 1 is 0.857 bits per heavy atom. The zero-order valence-electron chi connectivity index (χ0n) is 23.5. The van der Waals surface area contributed by atoms with Crippen LogP contribution in [0, 0.1) is 0 Å². The van der Waals surface area contributed by atoms with Gasteiger partial charge in [0.1, 0.15) is 0 Å². The molecule has 0 aliphatic carbocycles. The Hall–Kier alpha value is -5.04. The van der Waals surface area contributed by atoms with Crippen molar-refractivity contribution in [3.63, 3.8) is 0 Å². The molecule has 0 N–H and O–H groups in total. The van der Waals surface area contributed by atoms with Crippen LogP contribution in [0.4, 0.5) is 0 Å². The van der Waals surface area contributed by atoms with Crippen LogP contribution in [0.5, 0.6) is 0 Å². The molecule has 0 radical (unpaired) electrons. The minimum Gasteiger partial charge on any atom is -0.333 e. The van der Waals surface area contributed by atoms with Gasteiger partial charge in [0.25, 0.3) is 0 Å². The van der Waals surface area contributed by atoms with Crippen molar-refractivity contribution in [1.29, 1.82) is 0 Å². The maximum Gasteiger partial charge on any atom is 0.333 e. The molecule has 0 saturated carbocycles. The zero-order valence-corrected chi connectivity index (χ0v) is 23.5. The number of aryl methyl sites for hydroxylation is 1. The summed E-state index contributed by atoms with van der Waals surface area (Å²) < 4.78 is 3.46. The van der Waals surface area contributed by atoms with E-state index in [4.69, 9.17) is 4.98 Å². The second-order valence-corrected chi connectivity index (χ2v) is 11.5. The molecule has 2 aliphatic heterocycles. The van der Waals surface area contributed by atoms with Gasteiger partial charge in [-0.05, 0) is 72.4 Å². The predicted molar refractivity (Wildman–Crippen MR) is 166 cm³/mol. The molecule has 3 aromatic carbocycles. The van der Waals surface area contributed by atoms with Crippen LogP contribution in [0.3, 0.4) is 0 Å². The standard InChI is InChI=1S/C35H29N5O2/c1-21(41)39-28-12-13-29(39)17-25(16-28)22-7-10-27(11-8-22)40-34-30-18-23(26-15-24-5-3-4-6-31(24)36-19-26)9-14-32(30)37-20-33(34)38(2)35(40)42/h3-11,14-16,18-20,28-29H,12-13,17H2,1-2H3/t28-,29+/m0/s1. The SMILES string of the molecule is CC(=O)N1[C@@H]2CC[C@H]1C=C(c1ccc(-n3c(=O)n(C)c4cnc5ccc(-c6cnc7ccccc7c6)cc5c43)cc1)C2. The van der Waals surface area contributed by atoms with Crippen molar-refractivity contribution in [2.75, 3.05) is 0 Å². The monoisotopic (exact) mass is 551 g/mol. The van der Waals surface area contributed by atoms with Crippen molar-refractivity contribution in [2.45, 2.75) is 38.3 Å². The van der Waals surface area contributed by atoms with E-state index in [0.717, 1.165) is 74.5 Å². The van der Waals surface area contributed by atoms with E-state index in [1.165, 1.54) is 5.57 Å². The van der Waals surface area contributed by atoms with Crippen LogP contribution in [0.15, 0.2) is 96.1 Å². The lowest BCUT2D eigenvalue weighted by Gasteiger charge is -2.33. The van der Waals surface area contributed by atoms with Crippen molar-refractivity contribution >= 4 is 44.3 Å². The largest absolute Gasteiger partial charge is 0.333 e. The summed E-state index contributed by atoms with van der Waals surface area (Å²) in [5.41, 5.74) is 8.55. The molecule has 1 saturated heterocycles. The smallest absolute Gasteiger partial charge is 0.333 e. The summed E-state index contributed by atoms with van der Waals surface area (Å²) in [5.74, 6) is 0.158. The number of nitrogens with zero attached hydrogens (tertiary/aromatic N) is 5. The Kier molecular flexibility index (Phi) is 5.44. The summed E-state index contributed by atoms with van der Waals surface area (Å²) in [6.45, 7) is 1.67. The van der Waals surface area contributed by atoms with Crippen LogP contribution in [0.2, 0.25) is 0 Å². The molecule has 8 rings (SSSR count). The number of hydrogen-bond acceptors (Lipinski definition) is 4. The van der Waals surface area contributed by atoms with Gasteiger partial charge in [-0.25, -0.2) is 4.79 Å². The molecule has 7 heteroatoms. The number of rotatable bonds is 3. The van der Waals surface area contributed by atoms with Gasteiger partial charge in [0.05, 0.1) is 40.0 Å². The van der Waals surface area contributed by atoms with E-state index in [0.29, 0.717) is 0 Å². The summed E-state index contributed by atoms with van der Waals surface area (Å²) in [4.78, 5) is 37.2. The highest BCUT2D eigenvalue weighted by molar-refractivity contribution is 6.05. The molecule has 206 valence electrons. The molecule has 2 atom stereocenters. The van der Waals surface area contributed by atoms with Gasteiger partial charge < -0.3 is 4.90 Å². The number of fused-ring (bicyclic) bond motifs is 6. The van der Waals surface area contributed by atoms with Crippen molar-refractivity contribution in [1.82, 2.24) is 24.0 Å². The second-order valence-electron chi connectivity index (χ2n) is 11.5. The first-order valence-electron chi connectivity index (χ1n) is 14.4. The Balaban J connectivity index is 1.24. The number of para-hydroxylation sites is 1. The van der Waals surface area contributed by atoms with Crippen LogP contribution >= 0.6 is 0 Å². The van der Waals surface area contributed by atoms with Crippen LogP contribution < -0.4 is 5.69 Å². The van der Waals surface area contributed by atoms with Gasteiger partial charge in [0.15, 0.2) is 0 Å². The Labute approximate surface area is 242 Å². The molecule has 5 heterocycles. The Bertz CT molecular complexity index is 2160. The fourth-order valence-corrected chi connectivity index (χ4v) is 7.00. The number of carbonyl (C=O) groups excluding carboxylic acids is 1. The molecule has 2 aliphatic rings. The van der Waals surface area contributed by atoms with Crippen LogP contribution in [-0.2, 0) is 11.8 Å². The maximum absolute atomic E-state index is 13.7. The lowest BCUT2D eigenvalue weighted by atomic mass is 9.94. The molecular formula is C35H29N5O2. The van der Waals surface area contributed by atoms with Crippen LogP contribution in [0.1, 0.15) is 31.7 Å². The molecule has 0 unspecified atom stereocenters. The number of amides is 1. The first-order chi connectivity index (χ1) is 20.5. The Morgan fingerprint density at radius 2 is 1.64 bits per heavy atom. The van der Waals surface area contributed by atoms with Crippen LogP contribution in [0.25, 0.3) is 55.2 Å². The van der Waals surface area contributed by atoms with E-state index in [2.05, 4.69) is 47.5 Å². The summed E-state index contributed by atoms with van der Waals surface area (Å²) in [7, 11) is 1.80. The van der Waals surface area contributed by atoms with E-state index >= 15 is 0 Å². The van der Waals surface area contributed by atoms with Gasteiger partial charge in [-0.1, -0.05) is 42.5 Å². The highest BCUT2D eigenvalue weighted by Gasteiger charge is 2.38. The molecule has 7 nitrogen and oxygen atoms in total. The average Bonchev–Trinajstić information content (AvgIpc) is 3.45. The molecule has 42 heavy (non-hydrogen) atoms. The average molecular weight is 552 g/mol. The molecular weight excluding hydrogens is 522 g/mol. The summed E-state index contributed by atoms with van der Waals surface area (Å²) in [6.07, 6.45) is 8.88. The fraction of sp³-hybridized carbons (Fsp3) is 0.200. The summed E-state index contributed by atoms with van der Waals surface area (Å²) in [6, 6.07) is 25.1. The van der Waals surface area contributed by atoms with Gasteiger partial charge in [0, 0.05) is 42.5 Å². The lowest BCUT2D eigenvalue weighted by molar-refractivity contribution is -0.131. The van der Waals surface area contributed by atoms with E-state index in [-0.39, 0.29) is 23.7 Å². The minimum atomic E-state index is -0.114. The van der Waals surface area contributed by atoms with E-state index < -0.39 is 0 Å². The van der Waals surface area contributed by atoms with Crippen molar-refractivity contribution < 1.29 is 4.79 Å². The lowest BCUT2D eigenvalue weighted by Crippen LogP contribution is -2.41. The fourth-order valence-electron chi connectivity index (χ4n) is 7.00. The third kappa shape index (κ3) is 3.73. The number of carbonyl (C=O) groups is 1. The number of benzene rings is 3. The van der Waals surface area contributed by atoms with Gasteiger partial charge in [0.2, 0.25) is 5.91 Å². The number of aromatic nitrogens is 4. The van der Waals surface area contributed by atoms with Crippen LogP contribution in [-0.4, -0.2) is 42.0 Å². The number of imidazole rings is 1.